The standard InChI is InChI=1S/C15H24N4O/c1-2-12(1)10-18-5-7-19(8-6-18)15-17-14(11-20-15)9-16-13-3-4-13/h11-13,16H,1-10H2. The highest BCUT2D eigenvalue weighted by atomic mass is 16.4. The Morgan fingerprint density at radius 1 is 1.15 bits per heavy atom. The Morgan fingerprint density at radius 3 is 2.65 bits per heavy atom. The van der Waals surface area contributed by atoms with E-state index in [0.29, 0.717) is 0 Å². The second kappa shape index (κ2) is 5.37. The van der Waals surface area contributed by atoms with Crippen molar-refractivity contribution in [2.24, 2.45) is 5.92 Å². The predicted molar refractivity (Wildman–Crippen MR) is 77.7 cm³/mol. The molecule has 0 amide bonds. The maximum Gasteiger partial charge on any atom is 0.297 e. The van der Waals surface area contributed by atoms with Gasteiger partial charge in [-0.2, -0.15) is 4.98 Å². The van der Waals surface area contributed by atoms with Crippen LogP contribution in [0.25, 0.3) is 0 Å². The Balaban J connectivity index is 1.27. The van der Waals surface area contributed by atoms with E-state index in [1.807, 2.05) is 0 Å². The Labute approximate surface area is 120 Å². The Bertz CT molecular complexity index is 444. The van der Waals surface area contributed by atoms with Gasteiger partial charge < -0.3 is 14.6 Å². The summed E-state index contributed by atoms with van der Waals surface area (Å²) in [5, 5.41) is 3.48. The van der Waals surface area contributed by atoms with Crippen molar-refractivity contribution in [1.82, 2.24) is 15.2 Å². The van der Waals surface area contributed by atoms with Crippen LogP contribution >= 0.6 is 0 Å². The maximum atomic E-state index is 5.64. The van der Waals surface area contributed by atoms with Crippen molar-refractivity contribution in [3.8, 4) is 0 Å². The minimum Gasteiger partial charge on any atom is -0.432 e. The molecule has 0 aromatic carbocycles. The van der Waals surface area contributed by atoms with Gasteiger partial charge in [-0.25, -0.2) is 0 Å². The lowest BCUT2D eigenvalue weighted by molar-refractivity contribution is 0.243. The van der Waals surface area contributed by atoms with Crippen molar-refractivity contribution in [3.05, 3.63) is 12.0 Å². The molecule has 1 N–H and O–H groups in total. The molecule has 1 saturated heterocycles. The van der Waals surface area contributed by atoms with Gasteiger partial charge in [-0.15, -0.1) is 0 Å². The number of aromatic nitrogens is 1. The quantitative estimate of drug-likeness (QED) is 0.852. The summed E-state index contributed by atoms with van der Waals surface area (Å²) in [5.74, 6) is 0.989. The van der Waals surface area contributed by atoms with Crippen LogP contribution in [0.3, 0.4) is 0 Å². The van der Waals surface area contributed by atoms with Gasteiger partial charge in [0.25, 0.3) is 6.01 Å². The molecule has 2 saturated carbocycles. The number of hydrogen-bond donors (Lipinski definition) is 1. The molecule has 0 spiro atoms. The third-order valence-corrected chi connectivity index (χ3v) is 4.54. The number of hydrogen-bond acceptors (Lipinski definition) is 5. The van der Waals surface area contributed by atoms with Crippen LogP contribution in [0.5, 0.6) is 0 Å². The van der Waals surface area contributed by atoms with Crippen LogP contribution in [0.15, 0.2) is 10.7 Å². The monoisotopic (exact) mass is 276 g/mol. The summed E-state index contributed by atoms with van der Waals surface area (Å²) in [7, 11) is 0. The second-order valence-corrected chi connectivity index (χ2v) is 6.51. The van der Waals surface area contributed by atoms with E-state index in [0.717, 1.165) is 56.4 Å². The minimum atomic E-state index is 0.723. The molecule has 1 aromatic heterocycles. The molecule has 3 aliphatic rings. The fourth-order valence-electron chi connectivity index (χ4n) is 2.85. The zero-order valence-corrected chi connectivity index (χ0v) is 12.1. The average Bonchev–Trinajstić information content (AvgIpc) is 3.39. The molecule has 0 atom stereocenters. The molecule has 0 unspecified atom stereocenters. The number of nitrogens with one attached hydrogen (secondary N) is 1. The molecular formula is C15H24N4O. The highest BCUT2D eigenvalue weighted by Crippen LogP contribution is 2.30. The maximum absolute atomic E-state index is 5.64. The van der Waals surface area contributed by atoms with Crippen LogP contribution in [-0.2, 0) is 6.54 Å². The van der Waals surface area contributed by atoms with Gasteiger partial charge in [-0.3, -0.25) is 4.90 Å². The highest BCUT2D eigenvalue weighted by Gasteiger charge is 2.27. The third kappa shape index (κ3) is 3.15. The van der Waals surface area contributed by atoms with Gasteiger partial charge in [0, 0.05) is 45.3 Å². The number of oxazole rings is 1. The Morgan fingerprint density at radius 2 is 1.95 bits per heavy atom. The lowest BCUT2D eigenvalue weighted by Crippen LogP contribution is -2.47. The van der Waals surface area contributed by atoms with Crippen LogP contribution in [0.4, 0.5) is 6.01 Å². The summed E-state index contributed by atoms with van der Waals surface area (Å²) in [6.45, 7) is 6.53. The smallest absolute Gasteiger partial charge is 0.297 e. The van der Waals surface area contributed by atoms with Crippen LogP contribution in [0, 0.1) is 5.92 Å². The van der Waals surface area contributed by atoms with E-state index in [1.54, 1.807) is 6.26 Å². The summed E-state index contributed by atoms with van der Waals surface area (Å²) in [6.07, 6.45) is 7.32. The van der Waals surface area contributed by atoms with Gasteiger partial charge in [0.05, 0.1) is 5.69 Å². The molecule has 0 radical (unpaired) electrons. The van der Waals surface area contributed by atoms with Crippen molar-refractivity contribution in [1.29, 1.82) is 0 Å². The number of anilines is 1. The lowest BCUT2D eigenvalue weighted by atomic mass is 10.3. The first-order valence-corrected chi connectivity index (χ1v) is 8.02. The molecule has 20 heavy (non-hydrogen) atoms. The summed E-state index contributed by atoms with van der Waals surface area (Å²) >= 11 is 0. The average molecular weight is 276 g/mol. The van der Waals surface area contributed by atoms with Crippen LogP contribution in [0.1, 0.15) is 31.4 Å². The van der Waals surface area contributed by atoms with E-state index in [-0.39, 0.29) is 0 Å². The van der Waals surface area contributed by atoms with Crippen LogP contribution in [0.2, 0.25) is 0 Å². The van der Waals surface area contributed by atoms with E-state index < -0.39 is 0 Å². The molecule has 110 valence electrons. The van der Waals surface area contributed by atoms with E-state index >= 15 is 0 Å². The zero-order chi connectivity index (χ0) is 13.4. The van der Waals surface area contributed by atoms with E-state index in [2.05, 4.69) is 20.1 Å². The molecule has 5 nitrogen and oxygen atoms in total. The van der Waals surface area contributed by atoms with E-state index in [1.165, 1.54) is 32.2 Å². The molecule has 2 heterocycles. The molecular weight excluding hydrogens is 252 g/mol. The zero-order valence-electron chi connectivity index (χ0n) is 12.1. The fourth-order valence-corrected chi connectivity index (χ4v) is 2.85. The molecule has 5 heteroatoms. The van der Waals surface area contributed by atoms with Crippen molar-refractivity contribution < 1.29 is 4.42 Å². The molecule has 0 bridgehead atoms. The molecule has 1 aliphatic heterocycles. The molecule has 1 aromatic rings. The Kier molecular flexibility index (Phi) is 3.40. The molecule has 2 aliphatic carbocycles. The summed E-state index contributed by atoms with van der Waals surface area (Å²) in [4.78, 5) is 9.48. The van der Waals surface area contributed by atoms with E-state index in [9.17, 15) is 0 Å². The third-order valence-electron chi connectivity index (χ3n) is 4.54. The first-order valence-electron chi connectivity index (χ1n) is 8.02. The molecule has 4 rings (SSSR count). The minimum absolute atomic E-state index is 0.723. The van der Waals surface area contributed by atoms with Gasteiger partial charge in [0.15, 0.2) is 0 Å². The van der Waals surface area contributed by atoms with Crippen molar-refractivity contribution >= 4 is 6.01 Å². The van der Waals surface area contributed by atoms with Gasteiger partial charge >= 0.3 is 0 Å². The van der Waals surface area contributed by atoms with E-state index in [4.69, 9.17) is 4.42 Å². The molecule has 3 fully saturated rings. The number of rotatable bonds is 6. The van der Waals surface area contributed by atoms with Crippen LogP contribution in [-0.4, -0.2) is 48.6 Å². The van der Waals surface area contributed by atoms with Gasteiger partial charge in [0.2, 0.25) is 0 Å². The van der Waals surface area contributed by atoms with Gasteiger partial charge in [-0.05, 0) is 31.6 Å². The van der Waals surface area contributed by atoms with Crippen molar-refractivity contribution in [2.45, 2.75) is 38.3 Å². The topological polar surface area (TPSA) is 44.5 Å². The Hall–Kier alpha value is -1.07. The highest BCUT2D eigenvalue weighted by molar-refractivity contribution is 5.28. The van der Waals surface area contributed by atoms with Crippen molar-refractivity contribution in [3.63, 3.8) is 0 Å². The normalized spacial score (nSPS) is 24.3. The first-order chi connectivity index (χ1) is 9.87. The summed E-state index contributed by atoms with van der Waals surface area (Å²) < 4.78 is 5.64. The number of nitrogens with zero attached hydrogens (tertiary/aromatic N) is 3. The second-order valence-electron chi connectivity index (χ2n) is 6.51. The van der Waals surface area contributed by atoms with Crippen LogP contribution < -0.4 is 10.2 Å². The fraction of sp³-hybridized carbons (Fsp3) is 0.800. The van der Waals surface area contributed by atoms with Gasteiger partial charge in [0.1, 0.15) is 6.26 Å². The predicted octanol–water partition coefficient (Wildman–Crippen LogP) is 1.46. The SMILES string of the molecule is c1oc(N2CCN(CC3CC3)CC2)nc1CNC1CC1. The number of piperazine rings is 1. The largest absolute Gasteiger partial charge is 0.432 e. The summed E-state index contributed by atoms with van der Waals surface area (Å²) in [5.41, 5.74) is 1.03. The van der Waals surface area contributed by atoms with Crippen molar-refractivity contribution in [2.75, 3.05) is 37.6 Å². The summed E-state index contributed by atoms with van der Waals surface area (Å²) in [6, 6.07) is 1.53. The van der Waals surface area contributed by atoms with Gasteiger partial charge in [-0.1, -0.05) is 0 Å². The lowest BCUT2D eigenvalue weighted by Gasteiger charge is -2.33. The first kappa shape index (κ1) is 12.7.